The molecule has 1 amide bonds. The molecule has 1 heterocycles. The van der Waals surface area contributed by atoms with Crippen molar-refractivity contribution in [3.8, 4) is 0 Å². The standard InChI is InChI=1S/C18H15ClF4N2O3S/c19-12-6-3-7-13(16(12)20)24-17(26)14-8-4-10-25(14)29(27,28)15-9-2-1-5-11(15)18(21,22)23/h1-3,5-7,9,14H,4,8,10H2,(H,24,26)/t14-/m0/s1. The van der Waals surface area contributed by atoms with E-state index in [0.717, 1.165) is 16.4 Å². The summed E-state index contributed by atoms with van der Waals surface area (Å²) in [5.74, 6) is -1.74. The van der Waals surface area contributed by atoms with Crippen molar-refractivity contribution in [2.24, 2.45) is 0 Å². The maximum Gasteiger partial charge on any atom is 0.417 e. The Morgan fingerprint density at radius 2 is 1.83 bits per heavy atom. The molecule has 11 heteroatoms. The lowest BCUT2D eigenvalue weighted by molar-refractivity contribution is -0.139. The van der Waals surface area contributed by atoms with Gasteiger partial charge in [-0.05, 0) is 37.1 Å². The van der Waals surface area contributed by atoms with Crippen LogP contribution in [0.1, 0.15) is 18.4 Å². The van der Waals surface area contributed by atoms with E-state index in [4.69, 9.17) is 11.6 Å². The Bertz CT molecular complexity index is 1040. The molecular weight excluding hydrogens is 436 g/mol. The molecular formula is C18H15ClF4N2O3S. The van der Waals surface area contributed by atoms with Gasteiger partial charge in [-0.15, -0.1) is 0 Å². The molecule has 1 aliphatic heterocycles. The van der Waals surface area contributed by atoms with Crippen LogP contribution in [-0.2, 0) is 21.0 Å². The van der Waals surface area contributed by atoms with Gasteiger partial charge in [0.05, 0.1) is 21.2 Å². The van der Waals surface area contributed by atoms with Crippen molar-refractivity contribution in [3.05, 3.63) is 58.9 Å². The van der Waals surface area contributed by atoms with Gasteiger partial charge in [-0.3, -0.25) is 4.79 Å². The first-order chi connectivity index (χ1) is 13.5. The fraction of sp³-hybridized carbons (Fsp3) is 0.278. The summed E-state index contributed by atoms with van der Waals surface area (Å²) in [5, 5.41) is 2.03. The Hall–Kier alpha value is -2.17. The number of amides is 1. The summed E-state index contributed by atoms with van der Waals surface area (Å²) < 4.78 is 80.4. The molecule has 1 aliphatic rings. The first-order valence-corrected chi connectivity index (χ1v) is 10.3. The molecule has 1 saturated heterocycles. The molecule has 1 atom stereocenters. The molecule has 1 N–H and O–H groups in total. The van der Waals surface area contributed by atoms with Gasteiger partial charge in [-0.2, -0.15) is 17.5 Å². The summed E-state index contributed by atoms with van der Waals surface area (Å²) in [6.45, 7) is -0.134. The third-order valence-electron chi connectivity index (χ3n) is 4.49. The SMILES string of the molecule is O=C(Nc1cccc(Cl)c1F)[C@@H]1CCCN1S(=O)(=O)c1ccccc1C(F)(F)F. The van der Waals surface area contributed by atoms with Crippen LogP contribution in [-0.4, -0.2) is 31.2 Å². The summed E-state index contributed by atoms with van der Waals surface area (Å²) in [6, 6.07) is 6.40. The third-order valence-corrected chi connectivity index (χ3v) is 6.75. The van der Waals surface area contributed by atoms with Crippen molar-refractivity contribution in [1.29, 1.82) is 0 Å². The number of hydrogen-bond donors (Lipinski definition) is 1. The molecule has 0 saturated carbocycles. The highest BCUT2D eigenvalue weighted by molar-refractivity contribution is 7.89. The second-order valence-electron chi connectivity index (χ2n) is 6.36. The van der Waals surface area contributed by atoms with E-state index in [2.05, 4.69) is 5.32 Å². The van der Waals surface area contributed by atoms with Crippen LogP contribution in [0.2, 0.25) is 5.02 Å². The Labute approximate surface area is 169 Å². The maximum absolute atomic E-state index is 14.0. The molecule has 5 nitrogen and oxygen atoms in total. The molecule has 1 fully saturated rings. The highest BCUT2D eigenvalue weighted by atomic mass is 35.5. The molecule has 156 valence electrons. The average Bonchev–Trinajstić information content (AvgIpc) is 3.16. The smallest absolute Gasteiger partial charge is 0.322 e. The van der Waals surface area contributed by atoms with Gasteiger partial charge in [-0.1, -0.05) is 29.8 Å². The van der Waals surface area contributed by atoms with E-state index in [9.17, 15) is 30.8 Å². The lowest BCUT2D eigenvalue weighted by Crippen LogP contribution is -2.43. The summed E-state index contributed by atoms with van der Waals surface area (Å²) in [4.78, 5) is 11.7. The topological polar surface area (TPSA) is 66.5 Å². The van der Waals surface area contributed by atoms with Crippen LogP contribution >= 0.6 is 11.6 Å². The number of nitrogens with zero attached hydrogens (tertiary/aromatic N) is 1. The molecule has 0 bridgehead atoms. The van der Waals surface area contributed by atoms with E-state index >= 15 is 0 Å². The minimum atomic E-state index is -4.88. The monoisotopic (exact) mass is 450 g/mol. The van der Waals surface area contributed by atoms with E-state index in [-0.39, 0.29) is 30.1 Å². The van der Waals surface area contributed by atoms with Crippen LogP contribution in [0.4, 0.5) is 23.2 Å². The van der Waals surface area contributed by atoms with Crippen LogP contribution in [0.3, 0.4) is 0 Å². The predicted molar refractivity (Wildman–Crippen MR) is 98.4 cm³/mol. The van der Waals surface area contributed by atoms with Gasteiger partial charge in [0.1, 0.15) is 6.04 Å². The Balaban J connectivity index is 1.93. The summed E-state index contributed by atoms with van der Waals surface area (Å²) >= 11 is 5.66. The minimum absolute atomic E-state index is 0.0848. The fourth-order valence-corrected chi connectivity index (χ4v) is 5.20. The second kappa shape index (κ2) is 7.92. The van der Waals surface area contributed by atoms with Crippen molar-refractivity contribution < 1.29 is 30.8 Å². The molecule has 2 aromatic rings. The van der Waals surface area contributed by atoms with Gasteiger partial charge < -0.3 is 5.32 Å². The van der Waals surface area contributed by atoms with Crippen molar-refractivity contribution in [1.82, 2.24) is 4.31 Å². The van der Waals surface area contributed by atoms with Gasteiger partial charge >= 0.3 is 6.18 Å². The number of hydrogen-bond acceptors (Lipinski definition) is 3. The lowest BCUT2D eigenvalue weighted by atomic mass is 10.2. The van der Waals surface area contributed by atoms with Gasteiger partial charge in [-0.25, -0.2) is 12.8 Å². The van der Waals surface area contributed by atoms with Crippen LogP contribution in [0.15, 0.2) is 47.4 Å². The number of alkyl halides is 3. The van der Waals surface area contributed by atoms with Gasteiger partial charge in [0, 0.05) is 6.54 Å². The highest BCUT2D eigenvalue weighted by Gasteiger charge is 2.44. The van der Waals surface area contributed by atoms with Gasteiger partial charge in [0.2, 0.25) is 15.9 Å². The van der Waals surface area contributed by atoms with Crippen molar-refractivity contribution in [2.75, 3.05) is 11.9 Å². The Kier molecular flexibility index (Phi) is 5.88. The number of benzene rings is 2. The van der Waals surface area contributed by atoms with E-state index in [0.29, 0.717) is 6.07 Å². The Morgan fingerprint density at radius 1 is 1.14 bits per heavy atom. The second-order valence-corrected chi connectivity index (χ2v) is 8.62. The first-order valence-electron chi connectivity index (χ1n) is 8.46. The summed E-state index contributed by atoms with van der Waals surface area (Å²) in [6.07, 6.45) is -4.53. The molecule has 3 rings (SSSR count). The Morgan fingerprint density at radius 3 is 2.52 bits per heavy atom. The van der Waals surface area contributed by atoms with E-state index in [1.807, 2.05) is 0 Å². The van der Waals surface area contributed by atoms with Gasteiger partial charge in [0.15, 0.2) is 5.82 Å². The molecule has 0 unspecified atom stereocenters. The fourth-order valence-electron chi connectivity index (χ4n) is 3.16. The highest BCUT2D eigenvalue weighted by Crippen LogP contribution is 2.37. The molecule has 0 spiro atoms. The number of halogens is 5. The van der Waals surface area contributed by atoms with Crippen molar-refractivity contribution in [2.45, 2.75) is 30.0 Å². The number of rotatable bonds is 4. The molecule has 0 radical (unpaired) electrons. The number of carbonyl (C=O) groups is 1. The molecule has 0 aliphatic carbocycles. The largest absolute Gasteiger partial charge is 0.417 e. The van der Waals surface area contributed by atoms with Crippen LogP contribution < -0.4 is 5.32 Å². The van der Waals surface area contributed by atoms with E-state index in [1.54, 1.807) is 0 Å². The summed E-state index contributed by atoms with van der Waals surface area (Å²) in [5.41, 5.74) is -1.56. The molecule has 29 heavy (non-hydrogen) atoms. The van der Waals surface area contributed by atoms with Gasteiger partial charge in [0.25, 0.3) is 0 Å². The van der Waals surface area contributed by atoms with Crippen molar-refractivity contribution in [3.63, 3.8) is 0 Å². The van der Waals surface area contributed by atoms with Crippen LogP contribution in [0.5, 0.6) is 0 Å². The van der Waals surface area contributed by atoms with Crippen LogP contribution in [0.25, 0.3) is 0 Å². The normalized spacial score (nSPS) is 18.0. The zero-order valence-corrected chi connectivity index (χ0v) is 16.3. The minimum Gasteiger partial charge on any atom is -0.322 e. The average molecular weight is 451 g/mol. The molecule has 0 aromatic heterocycles. The van der Waals surface area contributed by atoms with E-state index < -0.39 is 44.4 Å². The number of sulfonamides is 1. The molecule has 2 aromatic carbocycles. The first kappa shape index (κ1) is 21.5. The number of anilines is 1. The quantitative estimate of drug-likeness (QED) is 0.707. The summed E-state index contributed by atoms with van der Waals surface area (Å²) in [7, 11) is -4.62. The zero-order valence-electron chi connectivity index (χ0n) is 14.7. The number of nitrogens with one attached hydrogen (secondary N) is 1. The van der Waals surface area contributed by atoms with Crippen LogP contribution in [0, 0.1) is 5.82 Å². The maximum atomic E-state index is 14.0. The lowest BCUT2D eigenvalue weighted by Gasteiger charge is -2.25. The van der Waals surface area contributed by atoms with Crippen molar-refractivity contribution >= 4 is 33.2 Å². The van der Waals surface area contributed by atoms with E-state index in [1.165, 1.54) is 24.3 Å². The zero-order chi connectivity index (χ0) is 21.4. The predicted octanol–water partition coefficient (Wildman–Crippen LogP) is 4.29. The number of carbonyl (C=O) groups excluding carboxylic acids is 1. The third kappa shape index (κ3) is 4.24.